The van der Waals surface area contributed by atoms with E-state index in [1.54, 1.807) is 12.4 Å². The van der Waals surface area contributed by atoms with Crippen LogP contribution in [-0.4, -0.2) is 21.9 Å². The van der Waals surface area contributed by atoms with Crippen molar-refractivity contribution in [3.63, 3.8) is 0 Å². The molecule has 1 N–H and O–H groups in total. The van der Waals surface area contributed by atoms with E-state index in [-0.39, 0.29) is 5.91 Å². The third-order valence-corrected chi connectivity index (χ3v) is 7.99. The summed E-state index contributed by atoms with van der Waals surface area (Å²) in [6.45, 7) is 0. The van der Waals surface area contributed by atoms with Crippen LogP contribution in [0.5, 0.6) is 0 Å². The van der Waals surface area contributed by atoms with Gasteiger partial charge in [-0.1, -0.05) is 15.9 Å². The van der Waals surface area contributed by atoms with Crippen molar-refractivity contribution in [1.29, 1.82) is 0 Å². The number of carbonyl (C=O) groups is 1. The Labute approximate surface area is 184 Å². The van der Waals surface area contributed by atoms with Crippen molar-refractivity contribution >= 4 is 32.7 Å². The first-order chi connectivity index (χ1) is 14.6. The van der Waals surface area contributed by atoms with Gasteiger partial charge >= 0.3 is 0 Å². The number of rotatable bonds is 3. The standard InChI is InChI=1S/C25H24BrN3O/c26-19-3-4-22-20(11-19)21(12-23(28-22)16-2-1-5-27-13-16)25(30)29-24-17-7-14-6-15(9-17)10-18(24)8-14/h1-5,11-15,17-18,24H,6-10H2,(H,29,30). The Hall–Kier alpha value is -2.27. The second-order valence-corrected chi connectivity index (χ2v) is 10.3. The summed E-state index contributed by atoms with van der Waals surface area (Å²) in [6.07, 6.45) is 10.1. The number of halogens is 1. The second-order valence-electron chi connectivity index (χ2n) is 9.39. The lowest BCUT2D eigenvalue weighted by atomic mass is 9.54. The van der Waals surface area contributed by atoms with Crippen LogP contribution in [0, 0.1) is 23.7 Å². The summed E-state index contributed by atoms with van der Waals surface area (Å²) >= 11 is 3.56. The number of benzene rings is 1. The van der Waals surface area contributed by atoms with Gasteiger partial charge in [0.15, 0.2) is 0 Å². The van der Waals surface area contributed by atoms with Crippen LogP contribution >= 0.6 is 15.9 Å². The maximum Gasteiger partial charge on any atom is 0.252 e. The van der Waals surface area contributed by atoms with E-state index in [9.17, 15) is 4.79 Å². The summed E-state index contributed by atoms with van der Waals surface area (Å²) in [5.41, 5.74) is 3.24. The van der Waals surface area contributed by atoms with Gasteiger partial charge in [0.2, 0.25) is 0 Å². The zero-order valence-electron chi connectivity index (χ0n) is 16.7. The molecule has 0 spiro atoms. The van der Waals surface area contributed by atoms with Crippen molar-refractivity contribution < 1.29 is 4.79 Å². The molecule has 0 aliphatic heterocycles. The second kappa shape index (κ2) is 7.16. The molecule has 30 heavy (non-hydrogen) atoms. The molecule has 2 aromatic heterocycles. The SMILES string of the molecule is O=C(NC1C2CC3CC(C2)CC1C3)c1cc(-c2cccnc2)nc2ccc(Br)cc12. The number of fused-ring (bicyclic) bond motifs is 1. The normalized spacial score (nSPS) is 29.3. The van der Waals surface area contributed by atoms with Crippen LogP contribution in [0.2, 0.25) is 0 Å². The van der Waals surface area contributed by atoms with Crippen LogP contribution < -0.4 is 5.32 Å². The summed E-state index contributed by atoms with van der Waals surface area (Å²) in [6, 6.07) is 12.1. The fourth-order valence-electron chi connectivity index (χ4n) is 6.44. The van der Waals surface area contributed by atoms with Gasteiger partial charge in [-0.25, -0.2) is 4.98 Å². The molecule has 1 amide bonds. The molecule has 4 saturated carbocycles. The molecule has 3 aromatic rings. The average molecular weight is 462 g/mol. The van der Waals surface area contributed by atoms with Crippen LogP contribution in [-0.2, 0) is 0 Å². The van der Waals surface area contributed by atoms with E-state index in [1.807, 2.05) is 36.4 Å². The van der Waals surface area contributed by atoms with Crippen LogP contribution in [0.15, 0.2) is 53.3 Å². The molecule has 4 aliphatic rings. The molecule has 0 radical (unpaired) electrons. The van der Waals surface area contributed by atoms with E-state index >= 15 is 0 Å². The summed E-state index contributed by atoms with van der Waals surface area (Å²) in [4.78, 5) is 22.6. The lowest BCUT2D eigenvalue weighted by Gasteiger charge is -2.54. The first-order valence-electron chi connectivity index (χ1n) is 11.0. The van der Waals surface area contributed by atoms with Crippen molar-refractivity contribution in [2.75, 3.05) is 0 Å². The summed E-state index contributed by atoms with van der Waals surface area (Å²) < 4.78 is 0.953. The molecule has 0 saturated heterocycles. The molecule has 0 unspecified atom stereocenters. The van der Waals surface area contributed by atoms with Crippen molar-refractivity contribution in [3.05, 3.63) is 58.8 Å². The van der Waals surface area contributed by atoms with Crippen molar-refractivity contribution in [2.45, 2.75) is 38.1 Å². The lowest BCUT2D eigenvalue weighted by molar-refractivity contribution is -0.0119. The van der Waals surface area contributed by atoms with Gasteiger partial charge in [-0.2, -0.15) is 0 Å². The molecule has 4 aliphatic carbocycles. The quantitative estimate of drug-likeness (QED) is 0.550. The molecular weight excluding hydrogens is 438 g/mol. The van der Waals surface area contributed by atoms with Gasteiger partial charge in [-0.3, -0.25) is 9.78 Å². The molecule has 4 bridgehead atoms. The van der Waals surface area contributed by atoms with Crippen molar-refractivity contribution in [2.24, 2.45) is 23.7 Å². The summed E-state index contributed by atoms with van der Waals surface area (Å²) in [5, 5.41) is 4.36. The molecule has 4 nitrogen and oxygen atoms in total. The van der Waals surface area contributed by atoms with E-state index in [0.29, 0.717) is 23.4 Å². The fraction of sp³-hybridized carbons (Fsp3) is 0.400. The molecule has 7 rings (SSSR count). The molecule has 0 atom stereocenters. The fourth-order valence-corrected chi connectivity index (χ4v) is 6.80. The third kappa shape index (κ3) is 3.15. The van der Waals surface area contributed by atoms with Gasteiger partial charge in [0.05, 0.1) is 16.8 Å². The summed E-state index contributed by atoms with van der Waals surface area (Å²) in [7, 11) is 0. The van der Waals surface area contributed by atoms with Gasteiger partial charge in [0.25, 0.3) is 5.91 Å². The monoisotopic (exact) mass is 461 g/mol. The maximum atomic E-state index is 13.6. The zero-order chi connectivity index (χ0) is 20.2. The molecule has 4 fully saturated rings. The predicted octanol–water partition coefficient (Wildman–Crippen LogP) is 5.61. The van der Waals surface area contributed by atoms with Gasteiger partial charge < -0.3 is 5.32 Å². The van der Waals surface area contributed by atoms with Crippen LogP contribution in [0.25, 0.3) is 22.2 Å². The zero-order valence-corrected chi connectivity index (χ0v) is 18.3. The Bertz CT molecular complexity index is 1100. The minimum absolute atomic E-state index is 0.0307. The van der Waals surface area contributed by atoms with Crippen molar-refractivity contribution in [1.82, 2.24) is 15.3 Å². The van der Waals surface area contributed by atoms with Gasteiger partial charge in [0, 0.05) is 33.9 Å². The molecule has 152 valence electrons. The Morgan fingerprint density at radius 2 is 1.77 bits per heavy atom. The van der Waals surface area contributed by atoms with Crippen LogP contribution in [0.1, 0.15) is 42.5 Å². The molecule has 5 heteroatoms. The topological polar surface area (TPSA) is 54.9 Å². The minimum atomic E-state index is 0.0307. The molecular formula is C25H24BrN3O. The van der Waals surface area contributed by atoms with E-state index in [1.165, 1.54) is 32.1 Å². The lowest BCUT2D eigenvalue weighted by Crippen LogP contribution is -2.55. The molecule has 1 aromatic carbocycles. The number of amides is 1. The van der Waals surface area contributed by atoms with Gasteiger partial charge in [-0.05, 0) is 92.2 Å². The first kappa shape index (κ1) is 18.5. The van der Waals surface area contributed by atoms with E-state index in [0.717, 1.165) is 38.5 Å². The predicted molar refractivity (Wildman–Crippen MR) is 121 cm³/mol. The van der Waals surface area contributed by atoms with Gasteiger partial charge in [-0.15, -0.1) is 0 Å². The highest BCUT2D eigenvalue weighted by atomic mass is 79.9. The Kier molecular flexibility index (Phi) is 4.41. The van der Waals surface area contributed by atoms with Crippen LogP contribution in [0.3, 0.4) is 0 Å². The van der Waals surface area contributed by atoms with Crippen molar-refractivity contribution in [3.8, 4) is 11.3 Å². The number of nitrogens with one attached hydrogen (secondary N) is 1. The highest BCUT2D eigenvalue weighted by Gasteiger charge is 2.48. The van der Waals surface area contributed by atoms with E-state index in [4.69, 9.17) is 4.98 Å². The Balaban J connectivity index is 1.39. The highest BCUT2D eigenvalue weighted by molar-refractivity contribution is 9.10. The number of nitrogens with zero attached hydrogens (tertiary/aromatic N) is 2. The summed E-state index contributed by atoms with van der Waals surface area (Å²) in [5.74, 6) is 3.14. The smallest absolute Gasteiger partial charge is 0.252 e. The largest absolute Gasteiger partial charge is 0.349 e. The highest BCUT2D eigenvalue weighted by Crippen LogP contribution is 2.53. The number of hydrogen-bond donors (Lipinski definition) is 1. The average Bonchev–Trinajstić information content (AvgIpc) is 2.75. The number of aromatic nitrogens is 2. The Morgan fingerprint density at radius 3 is 2.47 bits per heavy atom. The number of hydrogen-bond acceptors (Lipinski definition) is 3. The van der Waals surface area contributed by atoms with Gasteiger partial charge in [0.1, 0.15) is 0 Å². The van der Waals surface area contributed by atoms with E-state index < -0.39 is 0 Å². The number of carbonyl (C=O) groups excluding carboxylic acids is 1. The molecule has 2 heterocycles. The minimum Gasteiger partial charge on any atom is -0.349 e. The number of pyridine rings is 2. The van der Waals surface area contributed by atoms with E-state index in [2.05, 4.69) is 26.2 Å². The first-order valence-corrected chi connectivity index (χ1v) is 11.7. The van der Waals surface area contributed by atoms with Crippen LogP contribution in [0.4, 0.5) is 0 Å². The Morgan fingerprint density at radius 1 is 1.00 bits per heavy atom. The maximum absolute atomic E-state index is 13.6. The third-order valence-electron chi connectivity index (χ3n) is 7.50.